The molecule has 0 saturated heterocycles. The number of thiazole rings is 1. The normalized spacial score (nSPS) is 17.8. The molecule has 0 aliphatic carbocycles. The van der Waals surface area contributed by atoms with Crippen LogP contribution in [-0.4, -0.2) is 28.0 Å². The fourth-order valence-corrected chi connectivity index (χ4v) is 6.43. The van der Waals surface area contributed by atoms with E-state index in [-0.39, 0.29) is 23.1 Å². The number of carbonyl (C=O) groups excluding carboxylic acids is 2. The zero-order chi connectivity index (χ0) is 21.6. The Hall–Kier alpha value is -2.18. The summed E-state index contributed by atoms with van der Waals surface area (Å²) in [5, 5.41) is 0. The maximum atomic E-state index is 13.5. The first-order valence-corrected chi connectivity index (χ1v) is 11.9. The number of para-hydroxylation sites is 1. The zero-order valence-electron chi connectivity index (χ0n) is 18.0. The Bertz CT molecular complexity index is 1120. The first kappa shape index (κ1) is 21.1. The quantitative estimate of drug-likeness (QED) is 0.358. The lowest BCUT2D eigenvalue weighted by atomic mass is 9.78. The number of rotatable bonds is 4. The van der Waals surface area contributed by atoms with E-state index >= 15 is 0 Å². The van der Waals surface area contributed by atoms with Gasteiger partial charge in [0.25, 0.3) is 0 Å². The highest BCUT2D eigenvalue weighted by Crippen LogP contribution is 2.46. The standard InChI is InChI=1S/C24H26N2O2S2/c1-14-10-17-15(2)12-24(4,5)26(22(17)18(11-14)16(3)27)21(28)13-29-23-25-19-8-6-7-9-20(19)30-23/h6-11,15H,12-13H2,1-5H3/t15-/m0/s1. The number of fused-ring (bicyclic) bond motifs is 2. The van der Waals surface area contributed by atoms with Gasteiger partial charge in [-0.05, 0) is 69.4 Å². The van der Waals surface area contributed by atoms with Gasteiger partial charge in [-0.1, -0.05) is 36.9 Å². The van der Waals surface area contributed by atoms with Crippen molar-refractivity contribution in [2.75, 3.05) is 10.7 Å². The van der Waals surface area contributed by atoms with Crippen molar-refractivity contribution in [3.63, 3.8) is 0 Å². The molecule has 1 aliphatic heterocycles. The third-order valence-corrected chi connectivity index (χ3v) is 7.84. The second-order valence-corrected chi connectivity index (χ2v) is 10.9. The number of hydrogen-bond donors (Lipinski definition) is 0. The molecule has 1 aromatic heterocycles. The average Bonchev–Trinajstić information content (AvgIpc) is 3.08. The van der Waals surface area contributed by atoms with E-state index in [4.69, 9.17) is 0 Å². The molecule has 0 unspecified atom stereocenters. The summed E-state index contributed by atoms with van der Waals surface area (Å²) in [5.74, 6) is 0.594. The third-order valence-electron chi connectivity index (χ3n) is 5.67. The Morgan fingerprint density at radius 3 is 2.70 bits per heavy atom. The van der Waals surface area contributed by atoms with Crippen LogP contribution in [0.3, 0.4) is 0 Å². The van der Waals surface area contributed by atoms with Crippen LogP contribution in [0.25, 0.3) is 10.2 Å². The van der Waals surface area contributed by atoms with Gasteiger partial charge in [0.05, 0.1) is 21.7 Å². The van der Waals surface area contributed by atoms with Crippen LogP contribution >= 0.6 is 23.1 Å². The second kappa shape index (κ2) is 7.82. The van der Waals surface area contributed by atoms with Gasteiger partial charge in [0.15, 0.2) is 10.1 Å². The maximum Gasteiger partial charge on any atom is 0.237 e. The van der Waals surface area contributed by atoms with E-state index in [0.29, 0.717) is 11.3 Å². The molecular formula is C24H26N2O2S2. The van der Waals surface area contributed by atoms with Crippen molar-refractivity contribution in [3.05, 3.63) is 53.1 Å². The topological polar surface area (TPSA) is 50.3 Å². The minimum Gasteiger partial charge on any atom is -0.305 e. The molecule has 156 valence electrons. The average molecular weight is 439 g/mol. The van der Waals surface area contributed by atoms with Crippen LogP contribution in [0.1, 0.15) is 61.5 Å². The molecule has 30 heavy (non-hydrogen) atoms. The van der Waals surface area contributed by atoms with Gasteiger partial charge in [0.1, 0.15) is 0 Å². The van der Waals surface area contributed by atoms with Crippen LogP contribution in [0.15, 0.2) is 40.7 Å². The second-order valence-electron chi connectivity index (χ2n) is 8.69. The highest BCUT2D eigenvalue weighted by Gasteiger charge is 2.41. The van der Waals surface area contributed by atoms with Crippen molar-refractivity contribution < 1.29 is 9.59 Å². The maximum absolute atomic E-state index is 13.5. The van der Waals surface area contributed by atoms with E-state index in [1.165, 1.54) is 11.8 Å². The molecule has 1 atom stereocenters. The molecular weight excluding hydrogens is 412 g/mol. The van der Waals surface area contributed by atoms with Crippen LogP contribution in [0, 0.1) is 6.92 Å². The Balaban J connectivity index is 1.69. The van der Waals surface area contributed by atoms with Crippen LogP contribution in [0.2, 0.25) is 0 Å². The summed E-state index contributed by atoms with van der Waals surface area (Å²) in [6.45, 7) is 9.96. The molecule has 6 heteroatoms. The van der Waals surface area contributed by atoms with Crippen LogP contribution in [0.5, 0.6) is 0 Å². The van der Waals surface area contributed by atoms with Gasteiger partial charge >= 0.3 is 0 Å². The van der Waals surface area contributed by atoms with Gasteiger partial charge in [0, 0.05) is 11.1 Å². The number of anilines is 1. The molecule has 1 amide bonds. The number of Topliss-reactive ketones (excluding diaryl/α,β-unsaturated/α-hetero) is 1. The number of benzene rings is 2. The summed E-state index contributed by atoms with van der Waals surface area (Å²) in [5.41, 5.74) is 4.19. The van der Waals surface area contributed by atoms with Gasteiger partial charge in [-0.3, -0.25) is 9.59 Å². The minimum atomic E-state index is -0.364. The van der Waals surface area contributed by atoms with Gasteiger partial charge in [-0.2, -0.15) is 0 Å². The van der Waals surface area contributed by atoms with Crippen molar-refractivity contribution in [1.82, 2.24) is 4.98 Å². The number of aromatic nitrogens is 1. The van der Waals surface area contributed by atoms with Crippen LogP contribution in [-0.2, 0) is 4.79 Å². The monoisotopic (exact) mass is 438 g/mol. The summed E-state index contributed by atoms with van der Waals surface area (Å²) >= 11 is 3.08. The van der Waals surface area contributed by atoms with E-state index in [9.17, 15) is 9.59 Å². The summed E-state index contributed by atoms with van der Waals surface area (Å²) in [6, 6.07) is 12.1. The highest BCUT2D eigenvalue weighted by molar-refractivity contribution is 8.01. The summed E-state index contributed by atoms with van der Waals surface area (Å²) in [7, 11) is 0. The van der Waals surface area contributed by atoms with Crippen molar-refractivity contribution in [2.24, 2.45) is 0 Å². The van der Waals surface area contributed by atoms with E-state index in [1.54, 1.807) is 18.3 Å². The SMILES string of the molecule is CC(=O)c1cc(C)cc2c1N(C(=O)CSc1nc3ccccc3s1)C(C)(C)C[C@@H]2C. The summed E-state index contributed by atoms with van der Waals surface area (Å²) in [4.78, 5) is 32.5. The molecule has 4 rings (SSSR count). The lowest BCUT2D eigenvalue weighted by molar-refractivity contribution is -0.117. The molecule has 1 aliphatic rings. The summed E-state index contributed by atoms with van der Waals surface area (Å²) in [6.07, 6.45) is 0.859. The Labute approximate surface area is 185 Å². The van der Waals surface area contributed by atoms with Crippen molar-refractivity contribution in [2.45, 2.75) is 56.8 Å². The Morgan fingerprint density at radius 1 is 1.27 bits per heavy atom. The number of carbonyl (C=O) groups is 2. The molecule has 0 radical (unpaired) electrons. The molecule has 4 nitrogen and oxygen atoms in total. The minimum absolute atomic E-state index is 0.00326. The fraction of sp³-hybridized carbons (Fsp3) is 0.375. The fourth-order valence-electron chi connectivity index (χ4n) is 4.52. The van der Waals surface area contributed by atoms with E-state index in [1.807, 2.05) is 42.2 Å². The molecule has 0 saturated carbocycles. The van der Waals surface area contributed by atoms with Crippen molar-refractivity contribution in [1.29, 1.82) is 0 Å². The van der Waals surface area contributed by atoms with Crippen LogP contribution in [0.4, 0.5) is 5.69 Å². The van der Waals surface area contributed by atoms with E-state index in [0.717, 1.165) is 37.8 Å². The number of nitrogens with zero attached hydrogens (tertiary/aromatic N) is 2. The van der Waals surface area contributed by atoms with Gasteiger partial charge < -0.3 is 4.90 Å². The third kappa shape index (κ3) is 3.79. The zero-order valence-corrected chi connectivity index (χ0v) is 19.6. The number of hydrogen-bond acceptors (Lipinski definition) is 5. The molecule has 2 heterocycles. The van der Waals surface area contributed by atoms with Gasteiger partial charge in [-0.25, -0.2) is 4.98 Å². The lowest BCUT2D eigenvalue weighted by Crippen LogP contribution is -2.53. The van der Waals surface area contributed by atoms with Crippen LogP contribution < -0.4 is 4.90 Å². The Kier molecular flexibility index (Phi) is 5.49. The largest absolute Gasteiger partial charge is 0.305 e. The molecule has 3 aromatic rings. The Morgan fingerprint density at radius 2 is 2.00 bits per heavy atom. The summed E-state index contributed by atoms with van der Waals surface area (Å²) < 4.78 is 2.02. The van der Waals surface area contributed by atoms with Gasteiger partial charge in [-0.15, -0.1) is 11.3 Å². The lowest BCUT2D eigenvalue weighted by Gasteiger charge is -2.47. The highest BCUT2D eigenvalue weighted by atomic mass is 32.2. The first-order chi connectivity index (χ1) is 14.2. The molecule has 0 N–H and O–H groups in total. The number of amides is 1. The molecule has 0 bridgehead atoms. The van der Waals surface area contributed by atoms with E-state index in [2.05, 4.69) is 31.8 Å². The smallest absolute Gasteiger partial charge is 0.237 e. The molecule has 0 spiro atoms. The van der Waals surface area contributed by atoms with Crippen molar-refractivity contribution >= 4 is 50.7 Å². The number of ketones is 1. The van der Waals surface area contributed by atoms with Gasteiger partial charge in [0.2, 0.25) is 5.91 Å². The van der Waals surface area contributed by atoms with E-state index < -0.39 is 0 Å². The predicted octanol–water partition coefficient (Wildman–Crippen LogP) is 6.22. The number of aryl methyl sites for hydroxylation is 1. The van der Waals surface area contributed by atoms with Crippen molar-refractivity contribution in [3.8, 4) is 0 Å². The number of thioether (sulfide) groups is 1. The molecule has 0 fully saturated rings. The predicted molar refractivity (Wildman–Crippen MR) is 126 cm³/mol. The first-order valence-electron chi connectivity index (χ1n) is 10.1. The molecule has 2 aromatic carbocycles.